The summed E-state index contributed by atoms with van der Waals surface area (Å²) in [4.78, 5) is 16.8. The average molecular weight is 391 g/mol. The summed E-state index contributed by atoms with van der Waals surface area (Å²) >= 11 is 6.81. The number of fused-ring (bicyclic) bond motifs is 1. The van der Waals surface area contributed by atoms with Gasteiger partial charge in [0.2, 0.25) is 0 Å². The van der Waals surface area contributed by atoms with Crippen LogP contribution in [0.3, 0.4) is 0 Å². The summed E-state index contributed by atoms with van der Waals surface area (Å²) in [5.41, 5.74) is 2.11. The zero-order valence-corrected chi connectivity index (χ0v) is 13.5. The molecule has 0 aliphatic rings. The molecule has 0 aliphatic heterocycles. The van der Waals surface area contributed by atoms with Crippen LogP contribution < -0.4 is 0 Å². The molecule has 20 heavy (non-hydrogen) atoms. The number of hydrogen-bond donors (Lipinski definition) is 0. The number of hydrogen-bond acceptors (Lipinski definition) is 2. The number of pyridine rings is 1. The molecule has 3 aromatic rings. The lowest BCUT2D eigenvalue weighted by atomic mass is 10.0. The minimum absolute atomic E-state index is 0.0167. The Hall–Kier alpha value is -1.52. The molecule has 3 rings (SSSR count). The fourth-order valence-corrected chi connectivity index (χ4v) is 3.26. The minimum atomic E-state index is -0.0167. The van der Waals surface area contributed by atoms with Gasteiger partial charge in [-0.15, -0.1) is 0 Å². The van der Waals surface area contributed by atoms with Gasteiger partial charge in [-0.1, -0.05) is 34.1 Å². The lowest BCUT2D eigenvalue weighted by Crippen LogP contribution is -2.02. The molecule has 0 spiro atoms. The second-order valence-electron chi connectivity index (χ2n) is 4.36. The summed E-state index contributed by atoms with van der Waals surface area (Å²) in [6, 6.07) is 15.0. The standard InChI is InChI=1S/C16H9Br2NO/c17-12-5-6-13(14(18)9-12)16(20)11-4-3-10-2-1-7-19-15(10)8-11/h1-9H. The lowest BCUT2D eigenvalue weighted by molar-refractivity contribution is 0.103. The zero-order valence-electron chi connectivity index (χ0n) is 10.3. The molecule has 4 heteroatoms. The number of aromatic nitrogens is 1. The molecule has 0 unspecified atom stereocenters. The smallest absolute Gasteiger partial charge is 0.194 e. The first-order valence-electron chi connectivity index (χ1n) is 6.00. The van der Waals surface area contributed by atoms with Crippen LogP contribution in [0.4, 0.5) is 0 Å². The Bertz CT molecular complexity index is 814. The summed E-state index contributed by atoms with van der Waals surface area (Å²) in [5, 5.41) is 1.03. The Kier molecular flexibility index (Phi) is 3.68. The monoisotopic (exact) mass is 389 g/mol. The highest BCUT2D eigenvalue weighted by atomic mass is 79.9. The van der Waals surface area contributed by atoms with Gasteiger partial charge in [-0.05, 0) is 46.3 Å². The molecule has 0 fully saturated rings. The number of carbonyl (C=O) groups excluding carboxylic acids is 1. The van der Waals surface area contributed by atoms with E-state index < -0.39 is 0 Å². The van der Waals surface area contributed by atoms with E-state index >= 15 is 0 Å². The summed E-state index contributed by atoms with van der Waals surface area (Å²) in [6.07, 6.45) is 1.73. The second kappa shape index (κ2) is 5.46. The van der Waals surface area contributed by atoms with Crippen molar-refractivity contribution in [3.8, 4) is 0 Å². The number of carbonyl (C=O) groups is 1. The van der Waals surface area contributed by atoms with Gasteiger partial charge in [-0.25, -0.2) is 0 Å². The van der Waals surface area contributed by atoms with Crippen LogP contribution in [0, 0.1) is 0 Å². The molecule has 2 aromatic carbocycles. The molecule has 0 N–H and O–H groups in total. The van der Waals surface area contributed by atoms with E-state index in [2.05, 4.69) is 36.8 Å². The van der Waals surface area contributed by atoms with Gasteiger partial charge in [0.15, 0.2) is 5.78 Å². The first-order valence-corrected chi connectivity index (χ1v) is 7.58. The highest BCUT2D eigenvalue weighted by Gasteiger charge is 2.13. The molecule has 0 bridgehead atoms. The maximum atomic E-state index is 12.5. The second-order valence-corrected chi connectivity index (χ2v) is 6.13. The number of rotatable bonds is 2. The summed E-state index contributed by atoms with van der Waals surface area (Å²) in [5.74, 6) is -0.0167. The van der Waals surface area contributed by atoms with Crippen LogP contribution >= 0.6 is 31.9 Å². The van der Waals surface area contributed by atoms with E-state index in [1.165, 1.54) is 0 Å². The van der Waals surface area contributed by atoms with Gasteiger partial charge >= 0.3 is 0 Å². The van der Waals surface area contributed by atoms with E-state index in [1.54, 1.807) is 12.3 Å². The zero-order chi connectivity index (χ0) is 14.1. The number of ketones is 1. The van der Waals surface area contributed by atoms with Crippen LogP contribution in [0.25, 0.3) is 10.9 Å². The topological polar surface area (TPSA) is 30.0 Å². The van der Waals surface area contributed by atoms with Gasteiger partial charge in [-0.3, -0.25) is 9.78 Å². The van der Waals surface area contributed by atoms with Gasteiger partial charge in [0.05, 0.1) is 5.52 Å². The summed E-state index contributed by atoms with van der Waals surface area (Å²) in [6.45, 7) is 0. The van der Waals surface area contributed by atoms with Crippen LogP contribution in [-0.2, 0) is 0 Å². The minimum Gasteiger partial charge on any atom is -0.289 e. The lowest BCUT2D eigenvalue weighted by Gasteiger charge is -2.05. The van der Waals surface area contributed by atoms with E-state index in [-0.39, 0.29) is 5.78 Å². The van der Waals surface area contributed by atoms with Crippen molar-refractivity contribution >= 4 is 48.5 Å². The van der Waals surface area contributed by atoms with E-state index in [9.17, 15) is 4.79 Å². The molecule has 0 radical (unpaired) electrons. The van der Waals surface area contributed by atoms with Gasteiger partial charge in [0, 0.05) is 31.7 Å². The fraction of sp³-hybridized carbons (Fsp3) is 0. The van der Waals surface area contributed by atoms with Crippen molar-refractivity contribution in [1.29, 1.82) is 0 Å². The first kappa shape index (κ1) is 13.5. The molecular formula is C16H9Br2NO. The van der Waals surface area contributed by atoms with Crippen LogP contribution in [0.2, 0.25) is 0 Å². The van der Waals surface area contributed by atoms with Crippen molar-refractivity contribution in [1.82, 2.24) is 4.98 Å². The predicted octanol–water partition coefficient (Wildman–Crippen LogP) is 4.99. The number of nitrogens with zero attached hydrogens (tertiary/aromatic N) is 1. The molecule has 1 heterocycles. The Balaban J connectivity index is 2.08. The Morgan fingerprint density at radius 3 is 2.65 bits per heavy atom. The number of benzene rings is 2. The first-order chi connectivity index (χ1) is 9.65. The van der Waals surface area contributed by atoms with Crippen molar-refractivity contribution in [3.05, 3.63) is 74.8 Å². The molecule has 0 saturated heterocycles. The van der Waals surface area contributed by atoms with E-state index in [4.69, 9.17) is 0 Å². The van der Waals surface area contributed by atoms with Gasteiger partial charge in [0.25, 0.3) is 0 Å². The molecular weight excluding hydrogens is 382 g/mol. The normalized spacial score (nSPS) is 10.7. The average Bonchev–Trinajstić information content (AvgIpc) is 2.46. The van der Waals surface area contributed by atoms with Crippen LogP contribution in [0.5, 0.6) is 0 Å². The molecule has 0 atom stereocenters. The third-order valence-electron chi connectivity index (χ3n) is 3.04. The van der Waals surface area contributed by atoms with Crippen molar-refractivity contribution in [3.63, 3.8) is 0 Å². The molecule has 0 amide bonds. The van der Waals surface area contributed by atoms with Gasteiger partial charge < -0.3 is 0 Å². The Labute approximate surface area is 133 Å². The van der Waals surface area contributed by atoms with E-state index in [1.807, 2.05) is 42.5 Å². The summed E-state index contributed by atoms with van der Waals surface area (Å²) in [7, 11) is 0. The third-order valence-corrected chi connectivity index (χ3v) is 4.19. The van der Waals surface area contributed by atoms with Crippen molar-refractivity contribution in [2.24, 2.45) is 0 Å². The fourth-order valence-electron chi connectivity index (χ4n) is 2.04. The van der Waals surface area contributed by atoms with Gasteiger partial charge in [-0.2, -0.15) is 0 Å². The van der Waals surface area contributed by atoms with Crippen molar-refractivity contribution in [2.75, 3.05) is 0 Å². The summed E-state index contributed by atoms with van der Waals surface area (Å²) < 4.78 is 1.71. The predicted molar refractivity (Wildman–Crippen MR) is 87.0 cm³/mol. The Morgan fingerprint density at radius 1 is 1.00 bits per heavy atom. The number of halogens is 2. The highest BCUT2D eigenvalue weighted by Crippen LogP contribution is 2.25. The molecule has 1 aromatic heterocycles. The van der Waals surface area contributed by atoms with Crippen molar-refractivity contribution < 1.29 is 4.79 Å². The maximum Gasteiger partial charge on any atom is 0.194 e. The van der Waals surface area contributed by atoms with E-state index in [0.717, 1.165) is 19.8 Å². The highest BCUT2D eigenvalue weighted by molar-refractivity contribution is 9.11. The van der Waals surface area contributed by atoms with Gasteiger partial charge in [0.1, 0.15) is 0 Å². The molecule has 0 saturated carbocycles. The van der Waals surface area contributed by atoms with E-state index in [0.29, 0.717) is 11.1 Å². The Morgan fingerprint density at radius 2 is 1.85 bits per heavy atom. The SMILES string of the molecule is O=C(c1ccc2cccnc2c1)c1ccc(Br)cc1Br. The van der Waals surface area contributed by atoms with Crippen molar-refractivity contribution in [2.45, 2.75) is 0 Å². The largest absolute Gasteiger partial charge is 0.289 e. The molecule has 0 aliphatic carbocycles. The maximum absolute atomic E-state index is 12.5. The van der Waals surface area contributed by atoms with Crippen LogP contribution in [0.1, 0.15) is 15.9 Å². The van der Waals surface area contributed by atoms with Crippen LogP contribution in [-0.4, -0.2) is 10.8 Å². The molecule has 98 valence electrons. The molecule has 2 nitrogen and oxygen atoms in total. The third kappa shape index (κ3) is 2.53. The van der Waals surface area contributed by atoms with Crippen LogP contribution in [0.15, 0.2) is 63.7 Å². The quantitative estimate of drug-likeness (QED) is 0.577.